The molecule has 0 bridgehead atoms. The van der Waals surface area contributed by atoms with E-state index in [0.29, 0.717) is 4.88 Å². The van der Waals surface area contributed by atoms with E-state index in [0.717, 1.165) is 33.9 Å². The Morgan fingerprint density at radius 2 is 2.05 bits per heavy atom. The van der Waals surface area contributed by atoms with Crippen LogP contribution in [0.15, 0.2) is 10.3 Å². The Bertz CT molecular complexity index is 760. The van der Waals surface area contributed by atoms with Gasteiger partial charge in [-0.3, -0.25) is 4.68 Å². The Hall–Kier alpha value is -1.22. The minimum absolute atomic E-state index is 0.146. The summed E-state index contributed by atoms with van der Waals surface area (Å²) < 4.78 is 29.2. The molecule has 2 heterocycles. The molecule has 116 valence electrons. The second-order valence-corrected chi connectivity index (χ2v) is 8.06. The standard InChI is InChI=1S/C13H19N3O3S2/c1-8-5-13(20-12(8)7-17)21(18,19)14-6-11-9(2)15-16(4)10(11)3/h5,14,17H,6-7H2,1-4H3. The molecule has 2 aromatic rings. The predicted octanol–water partition coefficient (Wildman–Crippen LogP) is 1.38. The van der Waals surface area contributed by atoms with Crippen LogP contribution in [0.1, 0.15) is 27.4 Å². The summed E-state index contributed by atoms with van der Waals surface area (Å²) in [6.45, 7) is 5.61. The van der Waals surface area contributed by atoms with E-state index in [4.69, 9.17) is 5.11 Å². The van der Waals surface area contributed by atoms with Crippen LogP contribution in [-0.4, -0.2) is 23.3 Å². The lowest BCUT2D eigenvalue weighted by Gasteiger charge is -2.05. The fourth-order valence-corrected chi connectivity index (χ4v) is 4.58. The smallest absolute Gasteiger partial charge is 0.250 e. The molecule has 2 rings (SSSR count). The zero-order valence-electron chi connectivity index (χ0n) is 12.5. The Morgan fingerprint density at radius 3 is 2.52 bits per heavy atom. The molecule has 0 aliphatic carbocycles. The molecule has 21 heavy (non-hydrogen) atoms. The molecule has 0 saturated heterocycles. The summed E-state index contributed by atoms with van der Waals surface area (Å²) in [5, 5.41) is 13.4. The number of hydrogen-bond donors (Lipinski definition) is 2. The molecule has 0 aliphatic rings. The van der Waals surface area contributed by atoms with Crippen molar-refractivity contribution in [3.8, 4) is 0 Å². The number of hydrogen-bond acceptors (Lipinski definition) is 5. The maximum Gasteiger partial charge on any atom is 0.250 e. The third-order valence-electron chi connectivity index (χ3n) is 3.50. The van der Waals surface area contributed by atoms with Gasteiger partial charge in [-0.2, -0.15) is 5.10 Å². The Morgan fingerprint density at radius 1 is 1.38 bits per heavy atom. The van der Waals surface area contributed by atoms with Crippen LogP contribution in [0.3, 0.4) is 0 Å². The summed E-state index contributed by atoms with van der Waals surface area (Å²) in [6, 6.07) is 1.58. The quantitative estimate of drug-likeness (QED) is 0.868. The van der Waals surface area contributed by atoms with Crippen LogP contribution in [0.25, 0.3) is 0 Å². The SMILES string of the molecule is Cc1cc(S(=O)(=O)NCc2c(C)nn(C)c2C)sc1CO. The van der Waals surface area contributed by atoms with Crippen molar-refractivity contribution >= 4 is 21.4 Å². The van der Waals surface area contributed by atoms with Gasteiger partial charge < -0.3 is 5.11 Å². The van der Waals surface area contributed by atoms with Gasteiger partial charge in [0.1, 0.15) is 4.21 Å². The lowest BCUT2D eigenvalue weighted by atomic mass is 10.2. The number of aryl methyl sites for hydroxylation is 3. The molecular formula is C13H19N3O3S2. The number of aliphatic hydroxyl groups is 1. The van der Waals surface area contributed by atoms with E-state index in [-0.39, 0.29) is 17.4 Å². The second kappa shape index (κ2) is 5.88. The van der Waals surface area contributed by atoms with Gasteiger partial charge in [0.05, 0.1) is 12.3 Å². The summed E-state index contributed by atoms with van der Waals surface area (Å²) in [7, 11) is -1.74. The molecule has 0 spiro atoms. The first kappa shape index (κ1) is 16.2. The van der Waals surface area contributed by atoms with Crippen molar-refractivity contribution in [2.75, 3.05) is 0 Å². The first-order valence-electron chi connectivity index (χ1n) is 6.45. The minimum Gasteiger partial charge on any atom is -0.391 e. The average Bonchev–Trinajstić information content (AvgIpc) is 2.90. The molecule has 0 aliphatic heterocycles. The topological polar surface area (TPSA) is 84.2 Å². The van der Waals surface area contributed by atoms with E-state index in [1.54, 1.807) is 17.7 Å². The summed E-state index contributed by atoms with van der Waals surface area (Å²) >= 11 is 1.09. The van der Waals surface area contributed by atoms with Crippen molar-refractivity contribution in [2.24, 2.45) is 7.05 Å². The monoisotopic (exact) mass is 329 g/mol. The average molecular weight is 329 g/mol. The van der Waals surface area contributed by atoms with Gasteiger partial charge in [0, 0.05) is 29.7 Å². The van der Waals surface area contributed by atoms with E-state index in [1.807, 2.05) is 20.9 Å². The number of aliphatic hydroxyl groups excluding tert-OH is 1. The Kier molecular flexibility index (Phi) is 4.52. The van der Waals surface area contributed by atoms with Crippen LogP contribution in [0.4, 0.5) is 0 Å². The Labute approximate surface area is 128 Å². The molecule has 0 aromatic carbocycles. The third-order valence-corrected chi connectivity index (χ3v) is 6.60. The van der Waals surface area contributed by atoms with Crippen LogP contribution in [0, 0.1) is 20.8 Å². The fourth-order valence-electron chi connectivity index (χ4n) is 2.09. The number of rotatable bonds is 5. The van der Waals surface area contributed by atoms with E-state index in [2.05, 4.69) is 9.82 Å². The van der Waals surface area contributed by atoms with E-state index in [9.17, 15) is 8.42 Å². The maximum absolute atomic E-state index is 12.3. The molecule has 0 unspecified atom stereocenters. The summed E-state index contributed by atoms with van der Waals surface area (Å²) in [6.07, 6.45) is 0. The van der Waals surface area contributed by atoms with Crippen LogP contribution >= 0.6 is 11.3 Å². The highest BCUT2D eigenvalue weighted by atomic mass is 32.2. The van der Waals surface area contributed by atoms with Gasteiger partial charge in [-0.15, -0.1) is 11.3 Å². The molecule has 0 saturated carbocycles. The number of thiophene rings is 1. The third kappa shape index (κ3) is 3.18. The van der Waals surface area contributed by atoms with Crippen LogP contribution in [0.5, 0.6) is 0 Å². The highest BCUT2D eigenvalue weighted by Crippen LogP contribution is 2.26. The van der Waals surface area contributed by atoms with Gasteiger partial charge in [0.25, 0.3) is 0 Å². The van der Waals surface area contributed by atoms with Crippen molar-refractivity contribution in [3.63, 3.8) is 0 Å². The summed E-state index contributed by atoms with van der Waals surface area (Å²) in [5.74, 6) is 0. The second-order valence-electron chi connectivity index (χ2n) is 4.93. The molecule has 6 nitrogen and oxygen atoms in total. The molecule has 0 radical (unpaired) electrons. The predicted molar refractivity (Wildman–Crippen MR) is 81.7 cm³/mol. The number of nitrogens with zero attached hydrogens (tertiary/aromatic N) is 2. The van der Waals surface area contributed by atoms with Crippen molar-refractivity contribution in [1.82, 2.24) is 14.5 Å². The summed E-state index contributed by atoms with van der Waals surface area (Å²) in [5.41, 5.74) is 3.43. The highest BCUT2D eigenvalue weighted by molar-refractivity contribution is 7.91. The zero-order chi connectivity index (χ0) is 15.8. The molecule has 0 amide bonds. The van der Waals surface area contributed by atoms with Gasteiger partial charge in [-0.05, 0) is 32.4 Å². The molecule has 0 atom stereocenters. The molecule has 8 heteroatoms. The normalized spacial score (nSPS) is 12.0. The molecule has 0 fully saturated rings. The molecule has 2 N–H and O–H groups in total. The van der Waals surface area contributed by atoms with E-state index in [1.165, 1.54) is 0 Å². The van der Waals surface area contributed by atoms with Crippen molar-refractivity contribution in [2.45, 2.75) is 38.1 Å². The first-order chi connectivity index (χ1) is 9.76. The maximum atomic E-state index is 12.3. The van der Waals surface area contributed by atoms with Gasteiger partial charge in [0.2, 0.25) is 10.0 Å². The van der Waals surface area contributed by atoms with Crippen LogP contribution in [-0.2, 0) is 30.2 Å². The number of sulfonamides is 1. The summed E-state index contributed by atoms with van der Waals surface area (Å²) in [4.78, 5) is 0.670. The van der Waals surface area contributed by atoms with Gasteiger partial charge >= 0.3 is 0 Å². The minimum atomic E-state index is -3.57. The van der Waals surface area contributed by atoms with Gasteiger partial charge in [0.15, 0.2) is 0 Å². The van der Waals surface area contributed by atoms with Gasteiger partial charge in [-0.25, -0.2) is 13.1 Å². The Balaban J connectivity index is 2.21. The molecular weight excluding hydrogens is 310 g/mol. The highest BCUT2D eigenvalue weighted by Gasteiger charge is 2.20. The molecule has 2 aromatic heterocycles. The van der Waals surface area contributed by atoms with Gasteiger partial charge in [-0.1, -0.05) is 0 Å². The van der Waals surface area contributed by atoms with Crippen molar-refractivity contribution in [1.29, 1.82) is 0 Å². The largest absolute Gasteiger partial charge is 0.391 e. The first-order valence-corrected chi connectivity index (χ1v) is 8.75. The fraction of sp³-hybridized carbons (Fsp3) is 0.462. The zero-order valence-corrected chi connectivity index (χ0v) is 14.1. The lowest BCUT2D eigenvalue weighted by molar-refractivity contribution is 0.285. The number of nitrogens with one attached hydrogen (secondary N) is 1. The van der Waals surface area contributed by atoms with Crippen molar-refractivity contribution in [3.05, 3.63) is 33.5 Å². The van der Waals surface area contributed by atoms with Crippen LogP contribution < -0.4 is 4.72 Å². The lowest BCUT2D eigenvalue weighted by Crippen LogP contribution is -2.23. The van der Waals surface area contributed by atoms with E-state index >= 15 is 0 Å². The van der Waals surface area contributed by atoms with E-state index < -0.39 is 10.0 Å². The van der Waals surface area contributed by atoms with Crippen LogP contribution in [0.2, 0.25) is 0 Å². The number of aromatic nitrogens is 2. The van der Waals surface area contributed by atoms with Crippen molar-refractivity contribution < 1.29 is 13.5 Å².